The fourth-order valence-corrected chi connectivity index (χ4v) is 2.09. The third kappa shape index (κ3) is 2.20. The summed E-state index contributed by atoms with van der Waals surface area (Å²) >= 11 is 0. The molecule has 0 atom stereocenters. The van der Waals surface area contributed by atoms with E-state index in [2.05, 4.69) is 13.8 Å². The van der Waals surface area contributed by atoms with Crippen LogP contribution in [0.25, 0.3) is 0 Å². The van der Waals surface area contributed by atoms with Gasteiger partial charge in [-0.25, -0.2) is 0 Å². The van der Waals surface area contributed by atoms with Gasteiger partial charge in [-0.2, -0.15) is 0 Å². The second kappa shape index (κ2) is 3.75. The fourth-order valence-electron chi connectivity index (χ4n) is 2.09. The van der Waals surface area contributed by atoms with Gasteiger partial charge in [0.15, 0.2) is 0 Å². The third-order valence-corrected chi connectivity index (χ3v) is 3.38. The molecule has 1 fully saturated rings. The maximum atomic E-state index is 6.10. The molecule has 1 aliphatic carbocycles. The summed E-state index contributed by atoms with van der Waals surface area (Å²) in [5, 5.41) is 0. The zero-order valence-corrected chi connectivity index (χ0v) is 8.34. The summed E-state index contributed by atoms with van der Waals surface area (Å²) in [4.78, 5) is 0. The lowest BCUT2D eigenvalue weighted by Gasteiger charge is -2.37. The first-order chi connectivity index (χ1) is 5.57. The molecule has 1 rings (SSSR count). The first-order valence-electron chi connectivity index (χ1n) is 5.06. The molecule has 0 unspecified atom stereocenters. The summed E-state index contributed by atoms with van der Waals surface area (Å²) in [5.74, 6) is 1.69. The van der Waals surface area contributed by atoms with E-state index in [1.54, 1.807) is 0 Å². The highest BCUT2D eigenvalue weighted by molar-refractivity contribution is 4.90. The number of hydrogen-bond donors (Lipinski definition) is 2. The van der Waals surface area contributed by atoms with Crippen LogP contribution in [0.15, 0.2) is 0 Å². The van der Waals surface area contributed by atoms with Gasteiger partial charge in [0.1, 0.15) is 0 Å². The van der Waals surface area contributed by atoms with Crippen molar-refractivity contribution in [1.29, 1.82) is 0 Å². The van der Waals surface area contributed by atoms with Crippen LogP contribution in [0.3, 0.4) is 0 Å². The minimum Gasteiger partial charge on any atom is -0.329 e. The van der Waals surface area contributed by atoms with Crippen LogP contribution in [0.5, 0.6) is 0 Å². The molecule has 0 heterocycles. The quantitative estimate of drug-likeness (QED) is 0.659. The SMILES string of the molecule is CC(C)C1CCC(N)(CN)CC1. The highest BCUT2D eigenvalue weighted by Gasteiger charge is 2.31. The summed E-state index contributed by atoms with van der Waals surface area (Å²) in [7, 11) is 0. The van der Waals surface area contributed by atoms with Gasteiger partial charge < -0.3 is 11.5 Å². The Kier molecular flexibility index (Phi) is 3.13. The predicted octanol–water partition coefficient (Wildman–Crippen LogP) is 1.49. The molecule has 0 bridgehead atoms. The van der Waals surface area contributed by atoms with Crippen LogP contribution in [-0.2, 0) is 0 Å². The fraction of sp³-hybridized carbons (Fsp3) is 1.00. The molecule has 0 aromatic rings. The normalized spacial score (nSPS) is 37.2. The molecule has 4 N–H and O–H groups in total. The van der Waals surface area contributed by atoms with Crippen LogP contribution in [0.2, 0.25) is 0 Å². The van der Waals surface area contributed by atoms with Crippen LogP contribution in [-0.4, -0.2) is 12.1 Å². The van der Waals surface area contributed by atoms with E-state index in [1.807, 2.05) is 0 Å². The average molecular weight is 170 g/mol. The van der Waals surface area contributed by atoms with Gasteiger partial charge in [-0.15, -0.1) is 0 Å². The topological polar surface area (TPSA) is 52.0 Å². The summed E-state index contributed by atoms with van der Waals surface area (Å²) in [6.07, 6.45) is 4.77. The van der Waals surface area contributed by atoms with Gasteiger partial charge in [-0.1, -0.05) is 13.8 Å². The molecule has 0 saturated heterocycles. The van der Waals surface area contributed by atoms with Crippen molar-refractivity contribution >= 4 is 0 Å². The van der Waals surface area contributed by atoms with E-state index in [0.29, 0.717) is 6.54 Å². The first kappa shape index (κ1) is 10.0. The lowest BCUT2D eigenvalue weighted by Crippen LogP contribution is -2.49. The first-order valence-corrected chi connectivity index (χ1v) is 5.06. The average Bonchev–Trinajstić information content (AvgIpc) is 2.05. The van der Waals surface area contributed by atoms with E-state index in [1.165, 1.54) is 12.8 Å². The smallest absolute Gasteiger partial charge is 0.0278 e. The molecular formula is C10H22N2. The summed E-state index contributed by atoms with van der Waals surface area (Å²) in [6, 6.07) is 0. The Hall–Kier alpha value is -0.0800. The van der Waals surface area contributed by atoms with Crippen molar-refractivity contribution in [2.24, 2.45) is 23.3 Å². The van der Waals surface area contributed by atoms with E-state index in [4.69, 9.17) is 11.5 Å². The molecule has 72 valence electrons. The van der Waals surface area contributed by atoms with Gasteiger partial charge in [-0.05, 0) is 37.5 Å². The summed E-state index contributed by atoms with van der Waals surface area (Å²) < 4.78 is 0. The maximum absolute atomic E-state index is 6.10. The Bertz CT molecular complexity index is 135. The lowest BCUT2D eigenvalue weighted by molar-refractivity contribution is 0.200. The van der Waals surface area contributed by atoms with E-state index < -0.39 is 0 Å². The molecule has 0 amide bonds. The highest BCUT2D eigenvalue weighted by Crippen LogP contribution is 2.33. The minimum absolute atomic E-state index is 0.0363. The standard InChI is InChI=1S/C10H22N2/c1-8(2)9-3-5-10(12,7-11)6-4-9/h8-9H,3-7,11-12H2,1-2H3. The Morgan fingerprint density at radius 2 is 1.83 bits per heavy atom. The Balaban J connectivity index is 2.39. The Labute approximate surface area is 75.7 Å². The van der Waals surface area contributed by atoms with Crippen molar-refractivity contribution in [3.05, 3.63) is 0 Å². The molecule has 0 aliphatic heterocycles. The van der Waals surface area contributed by atoms with E-state index in [9.17, 15) is 0 Å². The molecule has 0 aromatic heterocycles. The van der Waals surface area contributed by atoms with Crippen molar-refractivity contribution < 1.29 is 0 Å². The van der Waals surface area contributed by atoms with Crippen LogP contribution in [0.4, 0.5) is 0 Å². The molecule has 0 spiro atoms. The second-order valence-electron chi connectivity index (χ2n) is 4.65. The van der Waals surface area contributed by atoms with Crippen molar-refractivity contribution in [2.75, 3.05) is 6.54 Å². The van der Waals surface area contributed by atoms with Crippen molar-refractivity contribution in [2.45, 2.75) is 45.1 Å². The largest absolute Gasteiger partial charge is 0.329 e. The summed E-state index contributed by atoms with van der Waals surface area (Å²) in [6.45, 7) is 5.26. The van der Waals surface area contributed by atoms with Crippen LogP contribution < -0.4 is 11.5 Å². The van der Waals surface area contributed by atoms with Crippen LogP contribution in [0.1, 0.15) is 39.5 Å². The van der Waals surface area contributed by atoms with E-state index in [-0.39, 0.29) is 5.54 Å². The lowest BCUT2D eigenvalue weighted by atomic mass is 9.73. The Morgan fingerprint density at radius 1 is 1.33 bits per heavy atom. The molecule has 1 aliphatic rings. The summed E-state index contributed by atoms with van der Waals surface area (Å²) in [5.41, 5.74) is 11.7. The number of hydrogen-bond acceptors (Lipinski definition) is 2. The molecule has 2 nitrogen and oxygen atoms in total. The molecular weight excluding hydrogens is 148 g/mol. The molecule has 0 aromatic carbocycles. The van der Waals surface area contributed by atoms with Crippen molar-refractivity contribution in [3.63, 3.8) is 0 Å². The van der Waals surface area contributed by atoms with E-state index in [0.717, 1.165) is 24.7 Å². The second-order valence-corrected chi connectivity index (χ2v) is 4.65. The van der Waals surface area contributed by atoms with Gasteiger partial charge in [-0.3, -0.25) is 0 Å². The van der Waals surface area contributed by atoms with Gasteiger partial charge in [0.2, 0.25) is 0 Å². The highest BCUT2D eigenvalue weighted by atomic mass is 14.8. The monoisotopic (exact) mass is 170 g/mol. The van der Waals surface area contributed by atoms with Crippen LogP contribution >= 0.6 is 0 Å². The zero-order valence-electron chi connectivity index (χ0n) is 8.34. The van der Waals surface area contributed by atoms with E-state index >= 15 is 0 Å². The maximum Gasteiger partial charge on any atom is 0.0278 e. The predicted molar refractivity (Wildman–Crippen MR) is 52.8 cm³/mol. The third-order valence-electron chi connectivity index (χ3n) is 3.38. The molecule has 0 radical (unpaired) electrons. The van der Waals surface area contributed by atoms with Gasteiger partial charge in [0.05, 0.1) is 0 Å². The number of rotatable bonds is 2. The molecule has 2 heteroatoms. The number of nitrogens with two attached hydrogens (primary N) is 2. The molecule has 1 saturated carbocycles. The van der Waals surface area contributed by atoms with Gasteiger partial charge in [0.25, 0.3) is 0 Å². The zero-order chi connectivity index (χ0) is 9.19. The van der Waals surface area contributed by atoms with Crippen molar-refractivity contribution in [1.82, 2.24) is 0 Å². The van der Waals surface area contributed by atoms with Gasteiger partial charge >= 0.3 is 0 Å². The minimum atomic E-state index is -0.0363. The van der Waals surface area contributed by atoms with Crippen LogP contribution in [0, 0.1) is 11.8 Å². The molecule has 12 heavy (non-hydrogen) atoms. The Morgan fingerprint density at radius 3 is 2.17 bits per heavy atom. The van der Waals surface area contributed by atoms with Gasteiger partial charge in [0, 0.05) is 12.1 Å². The van der Waals surface area contributed by atoms with Crippen molar-refractivity contribution in [3.8, 4) is 0 Å².